The van der Waals surface area contributed by atoms with E-state index in [0.29, 0.717) is 24.0 Å². The lowest BCUT2D eigenvalue weighted by molar-refractivity contribution is -0.455. The third-order valence-electron chi connectivity index (χ3n) is 8.09. The number of hydrogen-bond acceptors (Lipinski definition) is 7. The maximum Gasteiger partial charge on any atom is 0.252 e. The van der Waals surface area contributed by atoms with Gasteiger partial charge in [-0.3, -0.25) is 9.69 Å². The molecule has 1 amide bonds. The van der Waals surface area contributed by atoms with Crippen molar-refractivity contribution < 1.29 is 18.8 Å². The number of amides is 1. The molecule has 0 atom stereocenters. The van der Waals surface area contributed by atoms with E-state index in [4.69, 9.17) is 20.2 Å². The second-order valence-corrected chi connectivity index (χ2v) is 10.6. The van der Waals surface area contributed by atoms with E-state index < -0.39 is 5.91 Å². The van der Waals surface area contributed by atoms with Gasteiger partial charge in [-0.1, -0.05) is 6.92 Å². The van der Waals surface area contributed by atoms with Crippen molar-refractivity contribution in [1.29, 1.82) is 0 Å². The van der Waals surface area contributed by atoms with Gasteiger partial charge in [-0.25, -0.2) is 4.98 Å². The first-order chi connectivity index (χ1) is 18.0. The molecule has 0 radical (unpaired) electrons. The van der Waals surface area contributed by atoms with E-state index >= 15 is 0 Å². The molecule has 4 aliphatic rings. The van der Waals surface area contributed by atoms with Gasteiger partial charge < -0.3 is 25.8 Å². The van der Waals surface area contributed by atoms with Gasteiger partial charge in [0.1, 0.15) is 11.6 Å². The van der Waals surface area contributed by atoms with Gasteiger partial charge in [-0.15, -0.1) is 0 Å². The summed E-state index contributed by atoms with van der Waals surface area (Å²) < 4.78 is 14.1. The van der Waals surface area contributed by atoms with Crippen molar-refractivity contribution in [2.75, 3.05) is 50.1 Å². The summed E-state index contributed by atoms with van der Waals surface area (Å²) in [6, 6.07) is 7.19. The fraction of sp³-hybridized carbons (Fsp3) is 0.536. The molecule has 2 aromatic rings. The Bertz CT molecular complexity index is 1250. The summed E-state index contributed by atoms with van der Waals surface area (Å²) in [7, 11) is 0. The zero-order valence-electron chi connectivity index (χ0n) is 21.8. The second kappa shape index (κ2) is 9.95. The Morgan fingerprint density at radius 3 is 2.76 bits per heavy atom. The van der Waals surface area contributed by atoms with Crippen LogP contribution in [0.25, 0.3) is 0 Å². The third kappa shape index (κ3) is 4.78. The smallest absolute Gasteiger partial charge is 0.252 e. The number of carbonyl (C=O) groups is 1. The highest BCUT2D eigenvalue weighted by atomic mass is 16.5. The van der Waals surface area contributed by atoms with Crippen LogP contribution >= 0.6 is 0 Å². The van der Waals surface area contributed by atoms with Crippen LogP contribution in [-0.4, -0.2) is 77.6 Å². The SMILES string of the molecule is CCc1c(NC2CCOCC2)nc(Nc2ccc3c(c2)OCC2=[N+]3CCN(C3CC3)C2)c(C(N)=O)c1C. The van der Waals surface area contributed by atoms with Crippen LogP contribution in [0.3, 0.4) is 0 Å². The van der Waals surface area contributed by atoms with E-state index in [-0.39, 0.29) is 0 Å². The molecule has 2 fully saturated rings. The predicted octanol–water partition coefficient (Wildman–Crippen LogP) is 3.34. The van der Waals surface area contributed by atoms with Crippen molar-refractivity contribution in [2.24, 2.45) is 5.73 Å². The number of hydrogen-bond donors (Lipinski definition) is 3. The van der Waals surface area contributed by atoms with E-state index in [1.54, 1.807) is 0 Å². The molecule has 196 valence electrons. The third-order valence-corrected chi connectivity index (χ3v) is 8.09. The number of rotatable bonds is 7. The Morgan fingerprint density at radius 1 is 1.22 bits per heavy atom. The average Bonchev–Trinajstić information content (AvgIpc) is 3.74. The molecule has 0 unspecified atom stereocenters. The molecule has 1 aliphatic carbocycles. The first-order valence-electron chi connectivity index (χ1n) is 13.6. The number of benzene rings is 1. The molecule has 1 aromatic carbocycles. The number of nitrogens with two attached hydrogens (primary N) is 1. The average molecular weight is 506 g/mol. The first-order valence-corrected chi connectivity index (χ1v) is 13.6. The second-order valence-electron chi connectivity index (χ2n) is 10.6. The van der Waals surface area contributed by atoms with Crippen molar-refractivity contribution in [3.63, 3.8) is 0 Å². The van der Waals surface area contributed by atoms with Gasteiger partial charge in [0.2, 0.25) is 11.4 Å². The molecule has 1 saturated carbocycles. The predicted molar refractivity (Wildman–Crippen MR) is 144 cm³/mol. The molecule has 3 aliphatic heterocycles. The zero-order valence-corrected chi connectivity index (χ0v) is 21.8. The van der Waals surface area contributed by atoms with Crippen molar-refractivity contribution in [3.8, 4) is 5.75 Å². The van der Waals surface area contributed by atoms with E-state index in [2.05, 4.69) is 33.1 Å². The number of aromatic nitrogens is 1. The summed E-state index contributed by atoms with van der Waals surface area (Å²) in [6.07, 6.45) is 5.27. The fourth-order valence-corrected chi connectivity index (χ4v) is 5.90. The Balaban J connectivity index is 1.29. The molecular formula is C28H37N6O3+. The van der Waals surface area contributed by atoms with Gasteiger partial charge in [0.05, 0.1) is 18.7 Å². The quantitative estimate of drug-likeness (QED) is 0.496. The number of anilines is 3. The number of carbonyl (C=O) groups excluding carboxylic acids is 1. The largest absolute Gasteiger partial charge is 0.476 e. The van der Waals surface area contributed by atoms with Gasteiger partial charge in [-0.05, 0) is 56.2 Å². The number of ether oxygens (including phenoxy) is 2. The van der Waals surface area contributed by atoms with Crippen LogP contribution in [0.2, 0.25) is 0 Å². The highest BCUT2D eigenvalue weighted by Crippen LogP contribution is 2.37. The maximum absolute atomic E-state index is 12.5. The molecule has 6 rings (SSSR count). The van der Waals surface area contributed by atoms with Crippen LogP contribution in [0.1, 0.15) is 54.1 Å². The molecule has 1 aromatic heterocycles. The van der Waals surface area contributed by atoms with Gasteiger partial charge in [0.25, 0.3) is 5.91 Å². The van der Waals surface area contributed by atoms with Crippen molar-refractivity contribution in [3.05, 3.63) is 34.9 Å². The first kappa shape index (κ1) is 24.2. The standard InChI is InChI=1S/C28H36N6O3/c1-3-22-17(2)25(26(29)35)28(32-27(22)30-18-8-12-36-13-9-18)31-19-4-7-23-24(14-19)37-16-21-15-33(20-5-6-20)10-11-34(21)23/h4,7,14,18,20H,3,5-6,8-13,15-16H2,1-2H3,(H3-,29,30,31,32,35)/p+1. The topological polar surface area (TPSA) is 105 Å². The molecular weight excluding hydrogens is 468 g/mol. The lowest BCUT2D eigenvalue weighted by Crippen LogP contribution is -2.47. The van der Waals surface area contributed by atoms with Gasteiger partial charge >= 0.3 is 0 Å². The van der Waals surface area contributed by atoms with E-state index in [1.165, 1.54) is 18.6 Å². The van der Waals surface area contributed by atoms with Gasteiger partial charge in [0, 0.05) is 43.1 Å². The van der Waals surface area contributed by atoms with Crippen LogP contribution in [-0.2, 0) is 11.2 Å². The summed E-state index contributed by atoms with van der Waals surface area (Å²) in [4.78, 5) is 20.0. The molecule has 4 heterocycles. The van der Waals surface area contributed by atoms with Crippen molar-refractivity contribution >= 4 is 34.6 Å². The zero-order chi connectivity index (χ0) is 25.5. The summed E-state index contributed by atoms with van der Waals surface area (Å²) in [5.74, 6) is 1.64. The minimum absolute atomic E-state index is 0.293. The van der Waals surface area contributed by atoms with E-state index in [0.717, 1.165) is 92.2 Å². The molecule has 9 heteroatoms. The highest BCUT2D eigenvalue weighted by Gasteiger charge is 2.38. The Hall–Kier alpha value is -3.17. The van der Waals surface area contributed by atoms with Crippen LogP contribution < -0.4 is 21.1 Å². The maximum atomic E-state index is 12.5. The van der Waals surface area contributed by atoms with E-state index in [9.17, 15) is 4.79 Å². The fourth-order valence-electron chi connectivity index (χ4n) is 5.90. The Morgan fingerprint density at radius 2 is 2.03 bits per heavy atom. The summed E-state index contributed by atoms with van der Waals surface area (Å²) in [6.45, 7) is 9.19. The molecule has 9 nitrogen and oxygen atoms in total. The van der Waals surface area contributed by atoms with Gasteiger partial charge in [0.15, 0.2) is 18.9 Å². The summed E-state index contributed by atoms with van der Waals surface area (Å²) in [5, 5.41) is 7.00. The van der Waals surface area contributed by atoms with E-state index in [1.807, 2.05) is 19.1 Å². The van der Waals surface area contributed by atoms with Crippen molar-refractivity contribution in [1.82, 2.24) is 9.88 Å². The molecule has 0 spiro atoms. The lowest BCUT2D eigenvalue weighted by Gasteiger charge is -2.29. The van der Waals surface area contributed by atoms with Crippen molar-refractivity contribution in [2.45, 2.75) is 58.0 Å². The van der Waals surface area contributed by atoms with Crippen LogP contribution in [0.5, 0.6) is 5.75 Å². The number of primary amides is 1. The number of pyridine rings is 1. The lowest BCUT2D eigenvalue weighted by atomic mass is 10.00. The number of fused-ring (bicyclic) bond motifs is 2. The van der Waals surface area contributed by atoms with Gasteiger partial charge in [-0.2, -0.15) is 4.58 Å². The molecule has 37 heavy (non-hydrogen) atoms. The minimum Gasteiger partial charge on any atom is -0.476 e. The highest BCUT2D eigenvalue weighted by molar-refractivity contribution is 6.00. The number of nitrogens with one attached hydrogen (secondary N) is 2. The molecule has 1 saturated heterocycles. The molecule has 4 N–H and O–H groups in total. The number of nitrogens with zero attached hydrogens (tertiary/aromatic N) is 3. The summed E-state index contributed by atoms with van der Waals surface area (Å²) in [5.41, 5.74) is 11.4. The minimum atomic E-state index is -0.484. The van der Waals surface area contributed by atoms with Crippen LogP contribution in [0.4, 0.5) is 23.0 Å². The summed E-state index contributed by atoms with van der Waals surface area (Å²) >= 11 is 0. The molecule has 0 bridgehead atoms. The van der Waals surface area contributed by atoms with Crippen LogP contribution in [0, 0.1) is 6.92 Å². The monoisotopic (exact) mass is 505 g/mol. The van der Waals surface area contributed by atoms with Crippen LogP contribution in [0.15, 0.2) is 18.2 Å². The Kier molecular flexibility index (Phi) is 6.50. The normalized spacial score (nSPS) is 20.2. The Labute approximate surface area is 218 Å².